The molecule has 2 rings (SSSR count). The van der Waals surface area contributed by atoms with E-state index in [1.807, 2.05) is 13.8 Å². The van der Waals surface area contributed by atoms with Gasteiger partial charge in [-0.3, -0.25) is 10.1 Å². The van der Waals surface area contributed by atoms with Gasteiger partial charge in [-0.1, -0.05) is 19.9 Å². The van der Waals surface area contributed by atoms with Crippen molar-refractivity contribution in [3.05, 3.63) is 28.3 Å². The molecule has 1 fully saturated rings. The van der Waals surface area contributed by atoms with Crippen LogP contribution in [0.5, 0.6) is 5.75 Å². The summed E-state index contributed by atoms with van der Waals surface area (Å²) in [6, 6.07) is 5.51. The highest BCUT2D eigenvalue weighted by molar-refractivity contribution is 5.68. The molecule has 3 unspecified atom stereocenters. The van der Waals surface area contributed by atoms with Crippen LogP contribution in [0.1, 0.15) is 40.5 Å². The lowest BCUT2D eigenvalue weighted by molar-refractivity contribution is -0.385. The van der Waals surface area contributed by atoms with Gasteiger partial charge in [-0.2, -0.15) is 0 Å². The zero-order valence-corrected chi connectivity index (χ0v) is 13.1. The molecule has 0 radical (unpaired) electrons. The summed E-state index contributed by atoms with van der Waals surface area (Å²) in [5, 5.41) is 14.8. The van der Waals surface area contributed by atoms with E-state index >= 15 is 0 Å². The van der Waals surface area contributed by atoms with Crippen LogP contribution >= 0.6 is 0 Å². The number of ether oxygens (including phenoxy) is 1. The molecule has 1 aromatic rings. The van der Waals surface area contributed by atoms with Gasteiger partial charge in [0, 0.05) is 6.04 Å². The predicted octanol–water partition coefficient (Wildman–Crippen LogP) is 4.23. The minimum atomic E-state index is -0.358. The Balaban J connectivity index is 2.28. The third-order valence-corrected chi connectivity index (χ3v) is 4.35. The molecule has 0 bridgehead atoms. The van der Waals surface area contributed by atoms with Gasteiger partial charge in [-0.25, -0.2) is 0 Å². The predicted molar refractivity (Wildman–Crippen MR) is 83.8 cm³/mol. The maximum absolute atomic E-state index is 11.4. The molecule has 1 aliphatic rings. The van der Waals surface area contributed by atoms with Crippen molar-refractivity contribution in [2.75, 3.05) is 5.32 Å². The summed E-state index contributed by atoms with van der Waals surface area (Å²) < 4.78 is 5.58. The lowest BCUT2D eigenvalue weighted by Crippen LogP contribution is -2.24. The van der Waals surface area contributed by atoms with E-state index in [0.29, 0.717) is 23.3 Å². The first kappa shape index (κ1) is 15.6. The smallest absolute Gasteiger partial charge is 0.333 e. The van der Waals surface area contributed by atoms with E-state index in [4.69, 9.17) is 4.74 Å². The standard InChI is InChI=1S/C16H24N2O3/c1-10(2)21-15-7-5-6-14(16(15)18(19)20)17-13-9-8-11(3)12(13)4/h5-7,10-13,17H,8-9H2,1-4H3. The van der Waals surface area contributed by atoms with Crippen LogP contribution < -0.4 is 10.1 Å². The van der Waals surface area contributed by atoms with Crippen LogP contribution in [0.15, 0.2) is 18.2 Å². The van der Waals surface area contributed by atoms with Gasteiger partial charge in [0.1, 0.15) is 5.69 Å². The largest absolute Gasteiger partial charge is 0.484 e. The number of anilines is 1. The zero-order chi connectivity index (χ0) is 15.6. The van der Waals surface area contributed by atoms with E-state index in [-0.39, 0.29) is 22.8 Å². The number of nitrogens with zero attached hydrogens (tertiary/aromatic N) is 1. The lowest BCUT2D eigenvalue weighted by Gasteiger charge is -2.21. The average molecular weight is 292 g/mol. The van der Waals surface area contributed by atoms with Gasteiger partial charge in [-0.15, -0.1) is 0 Å². The van der Waals surface area contributed by atoms with Crippen molar-refractivity contribution >= 4 is 11.4 Å². The van der Waals surface area contributed by atoms with Crippen molar-refractivity contribution in [1.82, 2.24) is 0 Å². The molecule has 1 aliphatic carbocycles. The fourth-order valence-electron chi connectivity index (χ4n) is 2.94. The van der Waals surface area contributed by atoms with E-state index in [2.05, 4.69) is 19.2 Å². The summed E-state index contributed by atoms with van der Waals surface area (Å²) in [5.74, 6) is 1.50. The number of benzene rings is 1. The topological polar surface area (TPSA) is 64.4 Å². The number of nitrogens with one attached hydrogen (secondary N) is 1. The van der Waals surface area contributed by atoms with Crippen molar-refractivity contribution in [2.24, 2.45) is 11.8 Å². The van der Waals surface area contributed by atoms with E-state index < -0.39 is 0 Å². The molecule has 0 saturated heterocycles. The van der Waals surface area contributed by atoms with Gasteiger partial charge >= 0.3 is 5.69 Å². The summed E-state index contributed by atoms with van der Waals surface area (Å²) >= 11 is 0. The van der Waals surface area contributed by atoms with Crippen molar-refractivity contribution in [2.45, 2.75) is 52.7 Å². The van der Waals surface area contributed by atoms with Crippen molar-refractivity contribution in [3.63, 3.8) is 0 Å². The fraction of sp³-hybridized carbons (Fsp3) is 0.625. The molecule has 5 nitrogen and oxygen atoms in total. The lowest BCUT2D eigenvalue weighted by atomic mass is 9.97. The number of nitro benzene ring substituents is 1. The molecule has 116 valence electrons. The molecule has 1 saturated carbocycles. The molecule has 21 heavy (non-hydrogen) atoms. The summed E-state index contributed by atoms with van der Waals surface area (Å²) in [6.45, 7) is 8.17. The fourth-order valence-corrected chi connectivity index (χ4v) is 2.94. The van der Waals surface area contributed by atoms with Crippen LogP contribution in [0.25, 0.3) is 0 Å². The first-order chi connectivity index (χ1) is 9.90. The Hall–Kier alpha value is -1.78. The van der Waals surface area contributed by atoms with Gasteiger partial charge in [-0.05, 0) is 50.7 Å². The Kier molecular flexibility index (Phi) is 4.70. The molecule has 1 aromatic carbocycles. The SMILES string of the molecule is CC(C)Oc1cccc(NC2CCC(C)C2C)c1[N+](=O)[O-]. The second-order valence-corrected chi connectivity index (χ2v) is 6.24. The second-order valence-electron chi connectivity index (χ2n) is 6.24. The van der Waals surface area contributed by atoms with Crippen molar-refractivity contribution in [3.8, 4) is 5.75 Å². The van der Waals surface area contributed by atoms with Gasteiger partial charge in [0.25, 0.3) is 0 Å². The summed E-state index contributed by atoms with van der Waals surface area (Å²) in [6.07, 6.45) is 2.12. The molecule has 5 heteroatoms. The molecular weight excluding hydrogens is 268 g/mol. The molecule has 3 atom stereocenters. The Morgan fingerprint density at radius 1 is 1.33 bits per heavy atom. The summed E-state index contributed by atoms with van der Waals surface area (Å²) in [7, 11) is 0. The molecule has 0 aromatic heterocycles. The molecule has 0 aliphatic heterocycles. The third kappa shape index (κ3) is 3.46. The third-order valence-electron chi connectivity index (χ3n) is 4.35. The maximum atomic E-state index is 11.4. The van der Waals surface area contributed by atoms with Crippen LogP contribution in [-0.2, 0) is 0 Å². The van der Waals surface area contributed by atoms with Crippen molar-refractivity contribution < 1.29 is 9.66 Å². The van der Waals surface area contributed by atoms with E-state index in [1.165, 1.54) is 0 Å². The van der Waals surface area contributed by atoms with Gasteiger partial charge in [0.15, 0.2) is 5.75 Å². The highest BCUT2D eigenvalue weighted by atomic mass is 16.6. The number of hydrogen-bond donors (Lipinski definition) is 1. The van der Waals surface area contributed by atoms with Crippen LogP contribution in [-0.4, -0.2) is 17.1 Å². The molecule has 1 N–H and O–H groups in total. The monoisotopic (exact) mass is 292 g/mol. The van der Waals surface area contributed by atoms with Crippen LogP contribution in [0.4, 0.5) is 11.4 Å². The quantitative estimate of drug-likeness (QED) is 0.651. The Morgan fingerprint density at radius 2 is 2.05 bits per heavy atom. The van der Waals surface area contributed by atoms with E-state index in [0.717, 1.165) is 12.8 Å². The molecule has 0 spiro atoms. The second kappa shape index (κ2) is 6.33. The minimum absolute atomic E-state index is 0.0398. The number of nitro groups is 1. The Morgan fingerprint density at radius 3 is 2.57 bits per heavy atom. The summed E-state index contributed by atoms with van der Waals surface area (Å²) in [5.41, 5.74) is 0.599. The van der Waals surface area contributed by atoms with Gasteiger partial charge < -0.3 is 10.1 Å². The number of rotatable bonds is 5. The first-order valence-corrected chi connectivity index (χ1v) is 7.60. The molecular formula is C16H24N2O3. The molecule has 0 amide bonds. The van der Waals surface area contributed by atoms with Gasteiger partial charge in [0.2, 0.25) is 0 Å². The highest BCUT2D eigenvalue weighted by Gasteiger charge is 2.32. The van der Waals surface area contributed by atoms with Gasteiger partial charge in [0.05, 0.1) is 11.0 Å². The van der Waals surface area contributed by atoms with E-state index in [1.54, 1.807) is 18.2 Å². The number of hydrogen-bond acceptors (Lipinski definition) is 4. The molecule has 0 heterocycles. The van der Waals surface area contributed by atoms with Crippen LogP contribution in [0.2, 0.25) is 0 Å². The summed E-state index contributed by atoms with van der Waals surface area (Å²) in [4.78, 5) is 11.1. The Bertz CT molecular complexity index is 516. The van der Waals surface area contributed by atoms with Crippen LogP contribution in [0, 0.1) is 22.0 Å². The van der Waals surface area contributed by atoms with E-state index in [9.17, 15) is 10.1 Å². The minimum Gasteiger partial charge on any atom is -0.484 e. The highest BCUT2D eigenvalue weighted by Crippen LogP contribution is 2.39. The normalized spacial score (nSPS) is 25.1. The zero-order valence-electron chi connectivity index (χ0n) is 13.1. The van der Waals surface area contributed by atoms with Crippen molar-refractivity contribution in [1.29, 1.82) is 0 Å². The number of para-hydroxylation sites is 1. The van der Waals surface area contributed by atoms with Crippen LogP contribution in [0.3, 0.4) is 0 Å². The maximum Gasteiger partial charge on any atom is 0.333 e. The average Bonchev–Trinajstić information content (AvgIpc) is 2.70. The Labute approximate surface area is 125 Å². The first-order valence-electron chi connectivity index (χ1n) is 7.60.